The number of ether oxygens (including phenoxy) is 1. The molecule has 2 heterocycles. The van der Waals surface area contributed by atoms with E-state index < -0.39 is 5.97 Å². The Hall–Kier alpha value is -2.11. The van der Waals surface area contributed by atoms with E-state index in [1.165, 1.54) is 13.3 Å². The third kappa shape index (κ3) is 2.20. The average Bonchev–Trinajstić information content (AvgIpc) is 2.95. The first-order chi connectivity index (χ1) is 8.11. The number of carbonyl (C=O) groups excluding carboxylic acids is 1. The van der Waals surface area contributed by atoms with Gasteiger partial charge in [-0.05, 0) is 13.8 Å². The Kier molecular flexibility index (Phi) is 2.95. The second-order valence-electron chi connectivity index (χ2n) is 3.94. The van der Waals surface area contributed by atoms with Gasteiger partial charge in [0.15, 0.2) is 0 Å². The van der Waals surface area contributed by atoms with Gasteiger partial charge in [0.05, 0.1) is 25.1 Å². The molecule has 17 heavy (non-hydrogen) atoms. The predicted molar refractivity (Wildman–Crippen MR) is 61.5 cm³/mol. The third-order valence-corrected chi connectivity index (χ3v) is 2.39. The fourth-order valence-electron chi connectivity index (χ4n) is 1.42. The maximum atomic E-state index is 11.3. The second-order valence-corrected chi connectivity index (χ2v) is 3.94. The standard InChI is InChI=1S/C11H14N4O2/c1-7(2)15-6-8(4-13-15)10-12-5-9(14-10)11(16)17-3/h4-7H,1-3H3,(H,12,14). The molecule has 0 saturated heterocycles. The van der Waals surface area contributed by atoms with Crippen LogP contribution in [0.25, 0.3) is 11.4 Å². The van der Waals surface area contributed by atoms with Gasteiger partial charge in [-0.25, -0.2) is 9.78 Å². The number of hydrogen-bond acceptors (Lipinski definition) is 4. The van der Waals surface area contributed by atoms with Gasteiger partial charge in [0, 0.05) is 12.2 Å². The smallest absolute Gasteiger partial charge is 0.356 e. The molecule has 0 spiro atoms. The fourth-order valence-corrected chi connectivity index (χ4v) is 1.42. The van der Waals surface area contributed by atoms with Crippen molar-refractivity contribution in [1.29, 1.82) is 0 Å². The molecule has 2 aromatic rings. The van der Waals surface area contributed by atoms with E-state index in [4.69, 9.17) is 0 Å². The van der Waals surface area contributed by atoms with Crippen molar-refractivity contribution in [2.75, 3.05) is 7.11 Å². The molecule has 0 amide bonds. The zero-order valence-corrected chi connectivity index (χ0v) is 9.97. The number of esters is 1. The first-order valence-electron chi connectivity index (χ1n) is 5.29. The van der Waals surface area contributed by atoms with Gasteiger partial charge >= 0.3 is 5.97 Å². The number of H-pyrrole nitrogens is 1. The molecule has 90 valence electrons. The summed E-state index contributed by atoms with van der Waals surface area (Å²) in [6, 6.07) is 0.291. The van der Waals surface area contributed by atoms with Crippen molar-refractivity contribution in [3.63, 3.8) is 0 Å². The molecule has 6 heteroatoms. The summed E-state index contributed by atoms with van der Waals surface area (Å²) in [6.45, 7) is 4.08. The molecule has 2 aromatic heterocycles. The van der Waals surface area contributed by atoms with Crippen LogP contribution in [0, 0.1) is 0 Å². The van der Waals surface area contributed by atoms with Gasteiger partial charge in [0.2, 0.25) is 0 Å². The van der Waals surface area contributed by atoms with E-state index in [2.05, 4.69) is 19.8 Å². The SMILES string of the molecule is COC(=O)c1cnc(-c2cnn(C(C)C)c2)[nH]1. The van der Waals surface area contributed by atoms with Crippen LogP contribution >= 0.6 is 0 Å². The van der Waals surface area contributed by atoms with Crippen LogP contribution < -0.4 is 0 Å². The number of carbonyl (C=O) groups is 1. The van der Waals surface area contributed by atoms with Crippen molar-refractivity contribution >= 4 is 5.97 Å². The zero-order valence-electron chi connectivity index (χ0n) is 9.97. The lowest BCUT2D eigenvalue weighted by molar-refractivity contribution is 0.0595. The van der Waals surface area contributed by atoms with Crippen molar-refractivity contribution in [2.24, 2.45) is 0 Å². The number of nitrogens with one attached hydrogen (secondary N) is 1. The summed E-state index contributed by atoms with van der Waals surface area (Å²) in [5.41, 5.74) is 1.17. The molecule has 0 aliphatic heterocycles. The molecule has 0 aromatic carbocycles. The minimum Gasteiger partial charge on any atom is -0.464 e. The van der Waals surface area contributed by atoms with Crippen molar-refractivity contribution < 1.29 is 9.53 Å². The summed E-state index contributed by atoms with van der Waals surface area (Å²) in [7, 11) is 1.33. The van der Waals surface area contributed by atoms with Crippen LogP contribution in [0.15, 0.2) is 18.6 Å². The molecule has 0 aliphatic carbocycles. The van der Waals surface area contributed by atoms with Crippen LogP contribution in [0.4, 0.5) is 0 Å². The Balaban J connectivity index is 2.27. The van der Waals surface area contributed by atoms with Crippen molar-refractivity contribution in [3.8, 4) is 11.4 Å². The summed E-state index contributed by atoms with van der Waals surface area (Å²) >= 11 is 0. The average molecular weight is 234 g/mol. The van der Waals surface area contributed by atoms with E-state index in [0.29, 0.717) is 17.6 Å². The van der Waals surface area contributed by atoms with E-state index >= 15 is 0 Å². The number of imidazole rings is 1. The summed E-state index contributed by atoms with van der Waals surface area (Å²) in [5, 5.41) is 4.21. The molecule has 0 unspecified atom stereocenters. The van der Waals surface area contributed by atoms with Crippen LogP contribution in [0.3, 0.4) is 0 Å². The third-order valence-electron chi connectivity index (χ3n) is 2.39. The highest BCUT2D eigenvalue weighted by Crippen LogP contribution is 2.16. The number of aromatic nitrogens is 4. The van der Waals surface area contributed by atoms with Gasteiger partial charge in [-0.15, -0.1) is 0 Å². The van der Waals surface area contributed by atoms with Gasteiger partial charge in [0.1, 0.15) is 11.5 Å². The van der Waals surface area contributed by atoms with Crippen LogP contribution in [0.5, 0.6) is 0 Å². The summed E-state index contributed by atoms with van der Waals surface area (Å²) in [6.07, 6.45) is 5.04. The molecule has 0 aliphatic rings. The topological polar surface area (TPSA) is 72.8 Å². The van der Waals surface area contributed by atoms with Gasteiger partial charge in [0.25, 0.3) is 0 Å². The van der Waals surface area contributed by atoms with E-state index in [1.807, 2.05) is 24.7 Å². The number of aromatic amines is 1. The Morgan fingerprint density at radius 3 is 2.82 bits per heavy atom. The largest absolute Gasteiger partial charge is 0.464 e. The molecular formula is C11H14N4O2. The second kappa shape index (κ2) is 4.40. The lowest BCUT2D eigenvalue weighted by Gasteiger charge is -2.02. The molecule has 0 saturated carbocycles. The molecule has 2 rings (SSSR count). The summed E-state index contributed by atoms with van der Waals surface area (Å²) in [5.74, 6) is 0.178. The quantitative estimate of drug-likeness (QED) is 0.819. The maximum Gasteiger partial charge on any atom is 0.356 e. The lowest BCUT2D eigenvalue weighted by atomic mass is 10.3. The molecule has 6 nitrogen and oxygen atoms in total. The minimum atomic E-state index is -0.431. The monoisotopic (exact) mass is 234 g/mol. The fraction of sp³-hybridized carbons (Fsp3) is 0.364. The molecule has 1 N–H and O–H groups in total. The van der Waals surface area contributed by atoms with Crippen LogP contribution in [-0.4, -0.2) is 32.8 Å². The van der Waals surface area contributed by atoms with Crippen LogP contribution in [0.1, 0.15) is 30.4 Å². The summed E-state index contributed by atoms with van der Waals surface area (Å²) < 4.78 is 6.43. The van der Waals surface area contributed by atoms with Crippen molar-refractivity contribution in [2.45, 2.75) is 19.9 Å². The summed E-state index contributed by atoms with van der Waals surface area (Å²) in [4.78, 5) is 18.3. The van der Waals surface area contributed by atoms with E-state index in [0.717, 1.165) is 5.56 Å². The highest BCUT2D eigenvalue weighted by Gasteiger charge is 2.12. The maximum absolute atomic E-state index is 11.3. The normalized spacial score (nSPS) is 10.8. The van der Waals surface area contributed by atoms with Gasteiger partial charge in [-0.1, -0.05) is 0 Å². The number of methoxy groups -OCH3 is 1. The zero-order chi connectivity index (χ0) is 12.4. The number of hydrogen-bond donors (Lipinski definition) is 1. The van der Waals surface area contributed by atoms with Gasteiger partial charge < -0.3 is 9.72 Å². The molecular weight excluding hydrogens is 220 g/mol. The van der Waals surface area contributed by atoms with E-state index in [9.17, 15) is 4.79 Å². The first-order valence-corrected chi connectivity index (χ1v) is 5.29. The molecule has 0 bridgehead atoms. The Morgan fingerprint density at radius 2 is 2.24 bits per heavy atom. The Morgan fingerprint density at radius 1 is 1.47 bits per heavy atom. The first kappa shape index (κ1) is 11.4. The molecule has 0 radical (unpaired) electrons. The predicted octanol–water partition coefficient (Wildman–Crippen LogP) is 1.64. The Labute approximate surface area is 98.6 Å². The van der Waals surface area contributed by atoms with Crippen LogP contribution in [-0.2, 0) is 4.74 Å². The number of nitrogens with zero attached hydrogens (tertiary/aromatic N) is 3. The van der Waals surface area contributed by atoms with Crippen molar-refractivity contribution in [3.05, 3.63) is 24.3 Å². The minimum absolute atomic E-state index is 0.291. The van der Waals surface area contributed by atoms with Gasteiger partial charge in [-0.3, -0.25) is 4.68 Å². The van der Waals surface area contributed by atoms with Crippen molar-refractivity contribution in [1.82, 2.24) is 19.7 Å². The number of rotatable bonds is 3. The van der Waals surface area contributed by atoms with Crippen LogP contribution in [0.2, 0.25) is 0 Å². The lowest BCUT2D eigenvalue weighted by Crippen LogP contribution is -2.01. The van der Waals surface area contributed by atoms with E-state index in [1.54, 1.807) is 6.20 Å². The Bertz CT molecular complexity index is 527. The molecule has 0 atom stereocenters. The van der Waals surface area contributed by atoms with Gasteiger partial charge in [-0.2, -0.15) is 5.10 Å². The van der Waals surface area contributed by atoms with E-state index in [-0.39, 0.29) is 0 Å². The highest BCUT2D eigenvalue weighted by molar-refractivity contribution is 5.87. The molecule has 0 fully saturated rings. The highest BCUT2D eigenvalue weighted by atomic mass is 16.5.